The third kappa shape index (κ3) is 6.40. The van der Waals surface area contributed by atoms with Crippen LogP contribution in [0.4, 0.5) is 0 Å². The molecule has 0 atom stereocenters. The first kappa shape index (κ1) is 18.1. The maximum absolute atomic E-state index is 11.8. The summed E-state index contributed by atoms with van der Waals surface area (Å²) in [7, 11) is 0. The molecule has 2 amide bonds. The van der Waals surface area contributed by atoms with E-state index in [1.165, 1.54) is 11.3 Å². The van der Waals surface area contributed by atoms with Crippen LogP contribution in [0, 0.1) is 6.92 Å². The molecule has 0 spiro atoms. The van der Waals surface area contributed by atoms with Gasteiger partial charge in [-0.15, -0.1) is 22.7 Å². The van der Waals surface area contributed by atoms with Gasteiger partial charge >= 0.3 is 0 Å². The zero-order chi connectivity index (χ0) is 16.7. The zero-order valence-corrected chi connectivity index (χ0v) is 15.9. The maximum Gasteiger partial charge on any atom is 0.261 e. The highest BCUT2D eigenvalue weighted by Crippen LogP contribution is 2.21. The highest BCUT2D eigenvalue weighted by atomic mass is 79.9. The van der Waals surface area contributed by atoms with Crippen LogP contribution in [0.5, 0.6) is 0 Å². The van der Waals surface area contributed by atoms with E-state index in [0.29, 0.717) is 11.4 Å². The lowest BCUT2D eigenvalue weighted by Crippen LogP contribution is -2.37. The molecule has 0 aliphatic carbocycles. The van der Waals surface area contributed by atoms with Gasteiger partial charge in [0.1, 0.15) is 0 Å². The van der Waals surface area contributed by atoms with Crippen LogP contribution in [-0.4, -0.2) is 29.9 Å². The van der Waals surface area contributed by atoms with Crippen molar-refractivity contribution in [3.8, 4) is 0 Å². The number of aryl methyl sites for hydroxylation is 2. The molecule has 0 unspecified atom stereocenters. The minimum atomic E-state index is -0.227. The summed E-state index contributed by atoms with van der Waals surface area (Å²) >= 11 is 6.32. The molecule has 2 aromatic rings. The van der Waals surface area contributed by atoms with E-state index in [9.17, 15) is 9.59 Å². The van der Waals surface area contributed by atoms with Crippen molar-refractivity contribution < 1.29 is 9.59 Å². The van der Waals surface area contributed by atoms with Crippen molar-refractivity contribution >= 4 is 50.4 Å². The second kappa shape index (κ2) is 9.14. The second-order valence-electron chi connectivity index (χ2n) is 4.98. The van der Waals surface area contributed by atoms with E-state index in [1.54, 1.807) is 17.4 Å². The van der Waals surface area contributed by atoms with Gasteiger partial charge in [0, 0.05) is 17.6 Å². The first-order valence-corrected chi connectivity index (χ1v) is 9.75. The molecule has 0 saturated carbocycles. The summed E-state index contributed by atoms with van der Waals surface area (Å²) < 4.78 is 0.891. The molecule has 124 valence electrons. The van der Waals surface area contributed by atoms with Crippen LogP contribution >= 0.6 is 38.6 Å². The number of thiazole rings is 1. The van der Waals surface area contributed by atoms with Gasteiger partial charge in [-0.1, -0.05) is 0 Å². The third-order valence-corrected chi connectivity index (χ3v) is 5.66. The van der Waals surface area contributed by atoms with Crippen LogP contribution in [0.3, 0.4) is 0 Å². The van der Waals surface area contributed by atoms with Crippen molar-refractivity contribution in [1.29, 1.82) is 0 Å². The highest BCUT2D eigenvalue weighted by molar-refractivity contribution is 9.11. The highest BCUT2D eigenvalue weighted by Gasteiger charge is 2.09. The Morgan fingerprint density at radius 1 is 1.26 bits per heavy atom. The van der Waals surface area contributed by atoms with Crippen molar-refractivity contribution in [3.63, 3.8) is 0 Å². The molecule has 0 bridgehead atoms. The second-order valence-corrected chi connectivity index (χ2v) is 8.38. The number of unbranched alkanes of at least 4 members (excludes halogenated alkanes) is 1. The van der Waals surface area contributed by atoms with Gasteiger partial charge in [-0.3, -0.25) is 9.59 Å². The number of hydrogen-bond donors (Lipinski definition) is 2. The molecule has 2 heterocycles. The van der Waals surface area contributed by atoms with Crippen molar-refractivity contribution in [3.05, 3.63) is 36.9 Å². The van der Waals surface area contributed by atoms with Gasteiger partial charge in [0.2, 0.25) is 5.91 Å². The van der Waals surface area contributed by atoms with E-state index in [-0.39, 0.29) is 18.4 Å². The third-order valence-electron chi connectivity index (χ3n) is 3.01. The average Bonchev–Trinajstić information content (AvgIpc) is 3.13. The lowest BCUT2D eigenvalue weighted by molar-refractivity contribution is -0.120. The Bertz CT molecular complexity index is 669. The van der Waals surface area contributed by atoms with E-state index < -0.39 is 0 Å². The smallest absolute Gasteiger partial charge is 0.261 e. The first-order valence-electron chi connectivity index (χ1n) is 7.26. The summed E-state index contributed by atoms with van der Waals surface area (Å²) in [5.41, 5.74) is 1.06. The molecule has 2 aromatic heterocycles. The minimum absolute atomic E-state index is 0.0000271. The minimum Gasteiger partial charge on any atom is -0.355 e. The van der Waals surface area contributed by atoms with Crippen LogP contribution in [0.2, 0.25) is 0 Å². The number of thiophene rings is 1. The molecule has 0 aliphatic heterocycles. The Labute approximate surface area is 151 Å². The van der Waals surface area contributed by atoms with E-state index in [1.807, 2.05) is 18.4 Å². The maximum atomic E-state index is 11.8. The summed E-state index contributed by atoms with van der Waals surface area (Å²) in [6.45, 7) is 2.60. The van der Waals surface area contributed by atoms with Gasteiger partial charge in [-0.2, -0.15) is 0 Å². The fourth-order valence-electron chi connectivity index (χ4n) is 1.89. The fraction of sp³-hybridized carbons (Fsp3) is 0.400. The fourth-order valence-corrected chi connectivity index (χ4v) is 4.01. The van der Waals surface area contributed by atoms with Crippen LogP contribution in [-0.2, 0) is 11.2 Å². The Morgan fingerprint density at radius 3 is 2.74 bits per heavy atom. The van der Waals surface area contributed by atoms with Gasteiger partial charge in [0.05, 0.1) is 20.2 Å². The Kier molecular flexibility index (Phi) is 7.19. The predicted molar refractivity (Wildman–Crippen MR) is 97.2 cm³/mol. The number of carbonyl (C=O) groups is 2. The number of halogens is 1. The van der Waals surface area contributed by atoms with Crippen LogP contribution in [0.25, 0.3) is 0 Å². The van der Waals surface area contributed by atoms with Crippen LogP contribution in [0.15, 0.2) is 21.3 Å². The Balaban J connectivity index is 1.55. The number of nitrogens with one attached hydrogen (secondary N) is 2. The number of rotatable bonds is 8. The van der Waals surface area contributed by atoms with E-state index >= 15 is 0 Å². The first-order chi connectivity index (χ1) is 11.0. The summed E-state index contributed by atoms with van der Waals surface area (Å²) in [4.78, 5) is 28.5. The van der Waals surface area contributed by atoms with Crippen LogP contribution < -0.4 is 10.6 Å². The largest absolute Gasteiger partial charge is 0.355 e. The molecule has 23 heavy (non-hydrogen) atoms. The monoisotopic (exact) mass is 415 g/mol. The number of hydrogen-bond acceptors (Lipinski definition) is 5. The van der Waals surface area contributed by atoms with Crippen LogP contribution in [0.1, 0.15) is 33.2 Å². The van der Waals surface area contributed by atoms with Crippen molar-refractivity contribution in [2.75, 3.05) is 13.1 Å². The number of nitrogens with zero attached hydrogens (tertiary/aromatic N) is 1. The molecular weight excluding hydrogens is 398 g/mol. The summed E-state index contributed by atoms with van der Waals surface area (Å²) in [6, 6.07) is 3.53. The molecule has 0 aliphatic rings. The summed E-state index contributed by atoms with van der Waals surface area (Å²) in [5.74, 6) is -0.394. The molecule has 0 fully saturated rings. The van der Waals surface area contributed by atoms with Gasteiger partial charge in [-0.05, 0) is 54.2 Å². The van der Waals surface area contributed by atoms with Crippen molar-refractivity contribution in [2.45, 2.75) is 26.2 Å². The normalized spacial score (nSPS) is 10.5. The topological polar surface area (TPSA) is 71.1 Å². The standard InChI is InChI=1S/C15H18BrN3O2S2/c1-10-9-22-14(19-10)4-2-3-7-17-13(20)8-18-15(21)11-5-6-12(16)23-11/h5-6,9H,2-4,7-8H2,1H3,(H,17,20)(H,18,21). The number of carbonyl (C=O) groups excluding carboxylic acids is 2. The Morgan fingerprint density at radius 2 is 2.09 bits per heavy atom. The average molecular weight is 416 g/mol. The summed E-state index contributed by atoms with van der Waals surface area (Å²) in [5, 5.41) is 8.61. The van der Waals surface area contributed by atoms with Crippen molar-refractivity contribution in [2.24, 2.45) is 0 Å². The quantitative estimate of drug-likeness (QED) is 0.650. The molecule has 2 rings (SSSR count). The lowest BCUT2D eigenvalue weighted by atomic mass is 10.2. The molecule has 2 N–H and O–H groups in total. The van der Waals surface area contributed by atoms with Crippen molar-refractivity contribution in [1.82, 2.24) is 15.6 Å². The van der Waals surface area contributed by atoms with Gasteiger partial charge in [0.25, 0.3) is 5.91 Å². The molecule has 0 radical (unpaired) electrons. The molecule has 5 nitrogen and oxygen atoms in total. The molecule has 8 heteroatoms. The SMILES string of the molecule is Cc1csc(CCCCNC(=O)CNC(=O)c2ccc(Br)s2)n1. The molecule has 0 aromatic carbocycles. The lowest BCUT2D eigenvalue weighted by Gasteiger charge is -2.06. The van der Waals surface area contributed by atoms with E-state index in [4.69, 9.17) is 0 Å². The van der Waals surface area contributed by atoms with E-state index in [2.05, 4.69) is 31.5 Å². The van der Waals surface area contributed by atoms with Gasteiger partial charge in [-0.25, -0.2) is 4.98 Å². The zero-order valence-electron chi connectivity index (χ0n) is 12.7. The predicted octanol–water partition coefficient (Wildman–Crippen LogP) is 3.14. The van der Waals surface area contributed by atoms with E-state index in [0.717, 1.165) is 33.8 Å². The van der Waals surface area contributed by atoms with Gasteiger partial charge in [0.15, 0.2) is 0 Å². The number of aromatic nitrogens is 1. The molecule has 0 saturated heterocycles. The van der Waals surface area contributed by atoms with Gasteiger partial charge < -0.3 is 10.6 Å². The number of amides is 2. The Hall–Kier alpha value is -1.25. The molecular formula is C15H18BrN3O2S2. The summed E-state index contributed by atoms with van der Waals surface area (Å²) in [6.07, 6.45) is 2.83.